The van der Waals surface area contributed by atoms with Gasteiger partial charge < -0.3 is 5.32 Å². The molecule has 0 aliphatic heterocycles. The third kappa shape index (κ3) is 5.04. The van der Waals surface area contributed by atoms with Crippen LogP contribution in [0, 0.1) is 6.92 Å². The van der Waals surface area contributed by atoms with Crippen molar-refractivity contribution in [1.29, 1.82) is 0 Å². The smallest absolute Gasteiger partial charge is 0.263 e. The molecule has 1 saturated carbocycles. The zero-order valence-electron chi connectivity index (χ0n) is 21.9. The first-order valence-corrected chi connectivity index (χ1v) is 14.8. The average Bonchev–Trinajstić information content (AvgIpc) is 2.92. The van der Waals surface area contributed by atoms with E-state index in [1.165, 1.54) is 23.7 Å². The highest BCUT2D eigenvalue weighted by atomic mass is 35.5. The van der Waals surface area contributed by atoms with Crippen molar-refractivity contribution in [2.45, 2.75) is 56.0 Å². The Bertz CT molecular complexity index is 1620. The molecule has 39 heavy (non-hydrogen) atoms. The molecule has 2 aliphatic rings. The third-order valence-electron chi connectivity index (χ3n) is 7.90. The van der Waals surface area contributed by atoms with Gasteiger partial charge in [-0.2, -0.15) is 0 Å². The lowest BCUT2D eigenvalue weighted by Crippen LogP contribution is -2.43. The number of amides is 1. The molecule has 6 rings (SSSR count). The number of carbonyl (C=O) groups excluding carboxylic acids is 1. The van der Waals surface area contributed by atoms with Crippen LogP contribution < -0.4 is 10.9 Å². The lowest BCUT2D eigenvalue weighted by atomic mass is 9.62. The Morgan fingerprint density at radius 3 is 2.62 bits per heavy atom. The fourth-order valence-electron chi connectivity index (χ4n) is 6.17. The van der Waals surface area contributed by atoms with Crippen LogP contribution in [-0.2, 0) is 16.6 Å². The van der Waals surface area contributed by atoms with Gasteiger partial charge in [0, 0.05) is 21.7 Å². The standard InChI is InChI=1S/C32H30ClN3O2S/c1-21-9-7-13-25(17-21)36-30(38)28-29(26-14-4-3-10-22(26)19-32(28)15-5-2-6-16-32)35-31(36)39-20-27(37)34-24-12-8-11-23(33)18-24/h3-4,7-14,17-18H,2,5-6,15-16,19-20H2,1H3,(H,34,37). The normalized spacial score (nSPS) is 15.4. The second kappa shape index (κ2) is 10.7. The molecule has 198 valence electrons. The van der Waals surface area contributed by atoms with Crippen molar-refractivity contribution < 1.29 is 4.79 Å². The maximum atomic E-state index is 14.6. The van der Waals surface area contributed by atoms with Crippen molar-refractivity contribution in [3.8, 4) is 16.9 Å². The summed E-state index contributed by atoms with van der Waals surface area (Å²) in [5.41, 5.74) is 6.16. The molecule has 1 heterocycles. The van der Waals surface area contributed by atoms with Gasteiger partial charge in [-0.1, -0.05) is 85.1 Å². The van der Waals surface area contributed by atoms with Crippen LogP contribution in [0.5, 0.6) is 0 Å². The summed E-state index contributed by atoms with van der Waals surface area (Å²) in [5, 5.41) is 3.98. The van der Waals surface area contributed by atoms with Gasteiger partial charge in [0.25, 0.3) is 5.56 Å². The number of hydrogen-bond acceptors (Lipinski definition) is 4. The van der Waals surface area contributed by atoms with Gasteiger partial charge in [0.15, 0.2) is 5.16 Å². The van der Waals surface area contributed by atoms with Crippen LogP contribution in [0.4, 0.5) is 5.69 Å². The second-order valence-electron chi connectivity index (χ2n) is 10.6. The molecule has 0 bridgehead atoms. The molecule has 4 aromatic rings. The van der Waals surface area contributed by atoms with Gasteiger partial charge in [-0.25, -0.2) is 4.98 Å². The molecular formula is C32H30ClN3O2S. The molecule has 1 fully saturated rings. The average molecular weight is 556 g/mol. The molecule has 0 atom stereocenters. The molecule has 5 nitrogen and oxygen atoms in total. The van der Waals surface area contributed by atoms with Gasteiger partial charge in [-0.05, 0) is 67.6 Å². The molecule has 3 aromatic carbocycles. The number of anilines is 1. The van der Waals surface area contributed by atoms with E-state index in [-0.39, 0.29) is 22.6 Å². The highest BCUT2D eigenvalue weighted by Gasteiger charge is 2.43. The fraction of sp³-hybridized carbons (Fsp3) is 0.281. The lowest BCUT2D eigenvalue weighted by molar-refractivity contribution is -0.113. The first-order chi connectivity index (χ1) is 18.9. The van der Waals surface area contributed by atoms with E-state index in [1.54, 1.807) is 28.8 Å². The minimum absolute atomic E-state index is 0.0141. The zero-order valence-corrected chi connectivity index (χ0v) is 23.4. The molecule has 2 aliphatic carbocycles. The molecule has 1 N–H and O–H groups in total. The monoisotopic (exact) mass is 555 g/mol. The summed E-state index contributed by atoms with van der Waals surface area (Å²) in [7, 11) is 0. The van der Waals surface area contributed by atoms with Gasteiger partial charge >= 0.3 is 0 Å². The molecule has 1 aromatic heterocycles. The number of halogens is 1. The Labute approximate surface area is 237 Å². The number of benzene rings is 3. The number of hydrogen-bond donors (Lipinski definition) is 1. The molecular weight excluding hydrogens is 526 g/mol. The van der Waals surface area contributed by atoms with E-state index in [1.807, 2.05) is 37.3 Å². The Morgan fingerprint density at radius 2 is 1.82 bits per heavy atom. The summed E-state index contributed by atoms with van der Waals surface area (Å²) in [6.45, 7) is 2.02. The van der Waals surface area contributed by atoms with Crippen LogP contribution in [0.1, 0.15) is 48.8 Å². The minimum Gasteiger partial charge on any atom is -0.325 e. The number of thioether (sulfide) groups is 1. The summed E-state index contributed by atoms with van der Waals surface area (Å²) < 4.78 is 1.73. The van der Waals surface area contributed by atoms with Crippen molar-refractivity contribution in [3.05, 3.63) is 105 Å². The number of aromatic nitrogens is 2. The van der Waals surface area contributed by atoms with Crippen molar-refractivity contribution in [2.75, 3.05) is 11.1 Å². The predicted molar refractivity (Wildman–Crippen MR) is 159 cm³/mol. The lowest BCUT2D eigenvalue weighted by Gasteiger charge is -2.42. The van der Waals surface area contributed by atoms with Gasteiger partial charge in [0.05, 0.1) is 22.7 Å². The first-order valence-electron chi connectivity index (χ1n) is 13.4. The van der Waals surface area contributed by atoms with Gasteiger partial charge in [0.1, 0.15) is 0 Å². The quantitative estimate of drug-likeness (QED) is 0.206. The van der Waals surface area contributed by atoms with E-state index in [9.17, 15) is 9.59 Å². The number of fused-ring (bicyclic) bond motifs is 4. The van der Waals surface area contributed by atoms with Gasteiger partial charge in [-0.3, -0.25) is 14.2 Å². The molecule has 7 heteroatoms. The zero-order chi connectivity index (χ0) is 27.0. The van der Waals surface area contributed by atoms with Crippen molar-refractivity contribution in [2.24, 2.45) is 0 Å². The molecule has 0 saturated heterocycles. The second-order valence-corrected chi connectivity index (χ2v) is 12.0. The Balaban J connectivity index is 1.47. The molecule has 1 amide bonds. The predicted octanol–water partition coefficient (Wildman–Crippen LogP) is 7.35. The van der Waals surface area contributed by atoms with Crippen LogP contribution in [0.2, 0.25) is 5.02 Å². The van der Waals surface area contributed by atoms with Crippen molar-refractivity contribution in [3.63, 3.8) is 0 Å². The third-order valence-corrected chi connectivity index (χ3v) is 9.07. The maximum Gasteiger partial charge on any atom is 0.263 e. The van der Waals surface area contributed by atoms with Crippen LogP contribution >= 0.6 is 23.4 Å². The summed E-state index contributed by atoms with van der Waals surface area (Å²) in [5.74, 6) is -0.0785. The van der Waals surface area contributed by atoms with Crippen LogP contribution in [0.25, 0.3) is 16.9 Å². The van der Waals surface area contributed by atoms with E-state index in [0.717, 1.165) is 60.2 Å². The number of aryl methyl sites for hydroxylation is 1. The summed E-state index contributed by atoms with van der Waals surface area (Å²) in [6.07, 6.45) is 6.29. The highest BCUT2D eigenvalue weighted by Crippen LogP contribution is 2.49. The minimum atomic E-state index is -0.204. The van der Waals surface area contributed by atoms with E-state index < -0.39 is 0 Å². The van der Waals surface area contributed by atoms with Crippen molar-refractivity contribution >= 4 is 35.0 Å². The summed E-state index contributed by atoms with van der Waals surface area (Å²) in [6, 6.07) is 23.3. The van der Waals surface area contributed by atoms with Gasteiger partial charge in [0.2, 0.25) is 5.91 Å². The van der Waals surface area contributed by atoms with E-state index in [4.69, 9.17) is 16.6 Å². The number of rotatable bonds is 5. The largest absolute Gasteiger partial charge is 0.325 e. The Morgan fingerprint density at radius 1 is 1.03 bits per heavy atom. The van der Waals surface area contributed by atoms with E-state index in [2.05, 4.69) is 23.5 Å². The van der Waals surface area contributed by atoms with Crippen LogP contribution in [0.15, 0.2) is 82.7 Å². The topological polar surface area (TPSA) is 64.0 Å². The molecule has 0 unspecified atom stereocenters. The van der Waals surface area contributed by atoms with E-state index in [0.29, 0.717) is 15.9 Å². The molecule has 0 radical (unpaired) electrons. The number of nitrogens with zero attached hydrogens (tertiary/aromatic N) is 2. The van der Waals surface area contributed by atoms with Crippen LogP contribution in [0.3, 0.4) is 0 Å². The Hall–Kier alpha value is -3.35. The fourth-order valence-corrected chi connectivity index (χ4v) is 7.17. The van der Waals surface area contributed by atoms with Gasteiger partial charge in [-0.15, -0.1) is 0 Å². The number of carbonyl (C=O) groups is 1. The summed E-state index contributed by atoms with van der Waals surface area (Å²) >= 11 is 7.37. The number of nitrogens with one attached hydrogen (secondary N) is 1. The highest BCUT2D eigenvalue weighted by molar-refractivity contribution is 7.99. The maximum absolute atomic E-state index is 14.6. The summed E-state index contributed by atoms with van der Waals surface area (Å²) in [4.78, 5) is 32.7. The van der Waals surface area contributed by atoms with Crippen LogP contribution in [-0.4, -0.2) is 21.2 Å². The molecule has 1 spiro atoms. The SMILES string of the molecule is Cc1cccc(-n2c(SCC(=O)Nc3cccc(Cl)c3)nc3c(c2=O)C2(CCCCC2)Cc2ccccc2-3)c1. The van der Waals surface area contributed by atoms with E-state index >= 15 is 0 Å². The van der Waals surface area contributed by atoms with Crippen molar-refractivity contribution in [1.82, 2.24) is 9.55 Å². The first kappa shape index (κ1) is 25.9. The Kier molecular flexibility index (Phi) is 7.08.